The number of nitrogens with one attached hydrogen (secondary N) is 2. The number of aromatic nitrogens is 3. The van der Waals surface area contributed by atoms with Crippen LogP contribution in [0.4, 0.5) is 10.5 Å². The van der Waals surface area contributed by atoms with E-state index in [0.717, 1.165) is 29.7 Å². The molecule has 3 rings (SSSR count). The molecular weight excluding hydrogens is 318 g/mol. The Hall–Kier alpha value is -3.09. The van der Waals surface area contributed by atoms with E-state index in [4.69, 9.17) is 4.74 Å². The molecule has 0 radical (unpaired) electrons. The number of ether oxygens (including phenoxy) is 1. The topological polar surface area (TPSA) is 83.1 Å². The maximum atomic E-state index is 12.3. The van der Waals surface area contributed by atoms with E-state index >= 15 is 0 Å². The molecule has 2 aromatic heterocycles. The standard InChI is InChI=1S/C18H21N5O2/c1-23(18(24)22-15-9-5-11-19-17(15)25-2)12-6-10-16-20-13-7-3-4-8-14(13)21-16/h3-5,7-9,11H,6,10,12H2,1-2H3,(H,20,21)(H,22,24). The summed E-state index contributed by atoms with van der Waals surface area (Å²) in [5.41, 5.74) is 2.55. The lowest BCUT2D eigenvalue weighted by Gasteiger charge is -2.18. The SMILES string of the molecule is COc1ncccc1NC(=O)N(C)CCCc1nc2ccccc2[nH]1. The van der Waals surface area contributed by atoms with Gasteiger partial charge in [0.25, 0.3) is 0 Å². The first-order valence-electron chi connectivity index (χ1n) is 8.12. The van der Waals surface area contributed by atoms with Gasteiger partial charge in [-0.3, -0.25) is 0 Å². The van der Waals surface area contributed by atoms with Crippen molar-refractivity contribution in [2.45, 2.75) is 12.8 Å². The van der Waals surface area contributed by atoms with Crippen molar-refractivity contribution in [2.24, 2.45) is 0 Å². The lowest BCUT2D eigenvalue weighted by Crippen LogP contribution is -2.32. The molecule has 25 heavy (non-hydrogen) atoms. The van der Waals surface area contributed by atoms with Crippen LogP contribution in [0.3, 0.4) is 0 Å². The van der Waals surface area contributed by atoms with Crippen LogP contribution in [0.1, 0.15) is 12.2 Å². The molecule has 3 aromatic rings. The zero-order valence-corrected chi connectivity index (χ0v) is 14.3. The van der Waals surface area contributed by atoms with E-state index in [1.165, 1.54) is 7.11 Å². The van der Waals surface area contributed by atoms with Crippen molar-refractivity contribution in [3.8, 4) is 5.88 Å². The Morgan fingerprint density at radius 1 is 1.28 bits per heavy atom. The molecule has 1 aromatic carbocycles. The molecule has 0 fully saturated rings. The maximum Gasteiger partial charge on any atom is 0.321 e. The van der Waals surface area contributed by atoms with Crippen LogP contribution in [0.15, 0.2) is 42.6 Å². The molecule has 2 amide bonds. The van der Waals surface area contributed by atoms with Crippen molar-refractivity contribution < 1.29 is 9.53 Å². The minimum Gasteiger partial charge on any atom is -0.480 e. The summed E-state index contributed by atoms with van der Waals surface area (Å²) in [5.74, 6) is 1.33. The van der Waals surface area contributed by atoms with Gasteiger partial charge in [0.2, 0.25) is 5.88 Å². The van der Waals surface area contributed by atoms with Gasteiger partial charge in [-0.25, -0.2) is 14.8 Å². The molecule has 7 nitrogen and oxygen atoms in total. The molecule has 2 heterocycles. The highest BCUT2D eigenvalue weighted by Gasteiger charge is 2.12. The number of carbonyl (C=O) groups excluding carboxylic acids is 1. The molecular formula is C18H21N5O2. The number of imidazole rings is 1. The van der Waals surface area contributed by atoms with Crippen LogP contribution in [0, 0.1) is 0 Å². The van der Waals surface area contributed by atoms with Crippen LogP contribution in [0.25, 0.3) is 11.0 Å². The van der Waals surface area contributed by atoms with Crippen LogP contribution in [0.2, 0.25) is 0 Å². The quantitative estimate of drug-likeness (QED) is 0.723. The Labute approximate surface area is 146 Å². The first-order chi connectivity index (χ1) is 12.2. The molecule has 0 bridgehead atoms. The molecule has 0 aliphatic heterocycles. The van der Waals surface area contributed by atoms with Crippen molar-refractivity contribution in [1.29, 1.82) is 0 Å². The second-order valence-electron chi connectivity index (χ2n) is 5.72. The number of rotatable bonds is 6. The fourth-order valence-corrected chi connectivity index (χ4v) is 2.57. The van der Waals surface area contributed by atoms with Gasteiger partial charge in [0.1, 0.15) is 11.5 Å². The van der Waals surface area contributed by atoms with E-state index < -0.39 is 0 Å². The third kappa shape index (κ3) is 4.06. The number of urea groups is 1. The normalized spacial score (nSPS) is 10.6. The van der Waals surface area contributed by atoms with Gasteiger partial charge in [-0.05, 0) is 30.7 Å². The molecule has 0 aliphatic carbocycles. The van der Waals surface area contributed by atoms with Crippen LogP contribution in [-0.4, -0.2) is 46.6 Å². The first-order valence-corrected chi connectivity index (χ1v) is 8.12. The van der Waals surface area contributed by atoms with Crippen molar-refractivity contribution in [2.75, 3.05) is 26.0 Å². The number of methoxy groups -OCH3 is 1. The number of nitrogens with zero attached hydrogens (tertiary/aromatic N) is 3. The lowest BCUT2D eigenvalue weighted by atomic mass is 10.3. The Bertz CT molecular complexity index is 828. The first kappa shape index (κ1) is 16.8. The second-order valence-corrected chi connectivity index (χ2v) is 5.72. The van der Waals surface area contributed by atoms with Gasteiger partial charge in [0.05, 0.1) is 18.1 Å². The van der Waals surface area contributed by atoms with Gasteiger partial charge in [0, 0.05) is 26.2 Å². The number of aryl methyl sites for hydroxylation is 1. The molecule has 0 atom stereocenters. The average molecular weight is 339 g/mol. The number of para-hydroxylation sites is 2. The highest BCUT2D eigenvalue weighted by atomic mass is 16.5. The van der Waals surface area contributed by atoms with Crippen molar-refractivity contribution in [3.63, 3.8) is 0 Å². The van der Waals surface area contributed by atoms with E-state index in [1.807, 2.05) is 24.3 Å². The number of amides is 2. The van der Waals surface area contributed by atoms with E-state index in [9.17, 15) is 4.79 Å². The van der Waals surface area contributed by atoms with Gasteiger partial charge in [-0.15, -0.1) is 0 Å². The van der Waals surface area contributed by atoms with Crippen molar-refractivity contribution >= 4 is 22.8 Å². The third-order valence-corrected chi connectivity index (χ3v) is 3.90. The molecule has 7 heteroatoms. The molecule has 0 aliphatic rings. The molecule has 0 saturated heterocycles. The average Bonchev–Trinajstić information content (AvgIpc) is 3.04. The Morgan fingerprint density at radius 3 is 2.92 bits per heavy atom. The van der Waals surface area contributed by atoms with Crippen LogP contribution < -0.4 is 10.1 Å². The number of carbonyl (C=O) groups is 1. The van der Waals surface area contributed by atoms with Gasteiger partial charge < -0.3 is 19.9 Å². The number of benzene rings is 1. The lowest BCUT2D eigenvalue weighted by molar-refractivity contribution is 0.221. The Morgan fingerprint density at radius 2 is 2.12 bits per heavy atom. The molecule has 2 N–H and O–H groups in total. The predicted molar refractivity (Wildman–Crippen MR) is 96.9 cm³/mol. The van der Waals surface area contributed by atoms with Crippen LogP contribution in [-0.2, 0) is 6.42 Å². The number of aromatic amines is 1. The highest BCUT2D eigenvalue weighted by molar-refractivity contribution is 5.90. The minimum absolute atomic E-state index is 0.198. The van der Waals surface area contributed by atoms with Crippen molar-refractivity contribution in [1.82, 2.24) is 19.9 Å². The number of pyridine rings is 1. The summed E-state index contributed by atoms with van der Waals surface area (Å²) in [6.45, 7) is 0.617. The minimum atomic E-state index is -0.198. The summed E-state index contributed by atoms with van der Waals surface area (Å²) in [6, 6.07) is 11.2. The Kier molecular flexibility index (Phi) is 5.13. The number of anilines is 1. The van der Waals surface area contributed by atoms with Crippen LogP contribution in [0.5, 0.6) is 5.88 Å². The number of H-pyrrole nitrogens is 1. The number of hydrogen-bond acceptors (Lipinski definition) is 4. The number of hydrogen-bond donors (Lipinski definition) is 2. The molecule has 130 valence electrons. The zero-order valence-electron chi connectivity index (χ0n) is 14.3. The summed E-state index contributed by atoms with van der Waals surface area (Å²) < 4.78 is 5.14. The fourth-order valence-electron chi connectivity index (χ4n) is 2.57. The summed E-state index contributed by atoms with van der Waals surface area (Å²) in [6.07, 6.45) is 3.21. The summed E-state index contributed by atoms with van der Waals surface area (Å²) in [7, 11) is 3.28. The molecule has 0 spiro atoms. The number of fused-ring (bicyclic) bond motifs is 1. The maximum absolute atomic E-state index is 12.3. The Balaban J connectivity index is 1.51. The second kappa shape index (κ2) is 7.65. The van der Waals surface area contributed by atoms with Gasteiger partial charge in [-0.2, -0.15) is 0 Å². The van der Waals surface area contributed by atoms with Crippen LogP contribution >= 0.6 is 0 Å². The third-order valence-electron chi connectivity index (χ3n) is 3.90. The van der Waals surface area contributed by atoms with E-state index in [0.29, 0.717) is 18.1 Å². The smallest absolute Gasteiger partial charge is 0.321 e. The summed E-state index contributed by atoms with van der Waals surface area (Å²) in [4.78, 5) is 25.8. The zero-order chi connectivity index (χ0) is 17.6. The molecule has 0 saturated carbocycles. The summed E-state index contributed by atoms with van der Waals surface area (Å²) in [5, 5.41) is 2.81. The van der Waals surface area contributed by atoms with Crippen molar-refractivity contribution in [3.05, 3.63) is 48.4 Å². The highest BCUT2D eigenvalue weighted by Crippen LogP contribution is 2.20. The van der Waals surface area contributed by atoms with E-state index in [2.05, 4.69) is 20.3 Å². The monoisotopic (exact) mass is 339 g/mol. The largest absolute Gasteiger partial charge is 0.480 e. The van der Waals surface area contributed by atoms with E-state index in [-0.39, 0.29) is 6.03 Å². The molecule has 0 unspecified atom stereocenters. The fraction of sp³-hybridized carbons (Fsp3) is 0.278. The van der Waals surface area contributed by atoms with Gasteiger partial charge in [0.15, 0.2) is 0 Å². The predicted octanol–water partition coefficient (Wildman–Crippen LogP) is 3.06. The summed E-state index contributed by atoms with van der Waals surface area (Å²) >= 11 is 0. The van der Waals surface area contributed by atoms with Gasteiger partial charge in [-0.1, -0.05) is 12.1 Å². The van der Waals surface area contributed by atoms with Gasteiger partial charge >= 0.3 is 6.03 Å². The van der Waals surface area contributed by atoms with E-state index in [1.54, 1.807) is 30.3 Å².